The molecule has 0 saturated carbocycles. The van der Waals surface area contributed by atoms with E-state index in [0.29, 0.717) is 12.4 Å². The fourth-order valence-corrected chi connectivity index (χ4v) is 4.13. The zero-order valence-electron chi connectivity index (χ0n) is 14.0. The second-order valence-electron chi connectivity index (χ2n) is 5.98. The molecule has 3 rings (SSSR count). The van der Waals surface area contributed by atoms with Crippen LogP contribution in [0.2, 0.25) is 0 Å². The number of methoxy groups -OCH3 is 1. The maximum Gasteiger partial charge on any atom is 0.244 e. The van der Waals surface area contributed by atoms with E-state index in [1.807, 2.05) is 38.1 Å². The second-order valence-corrected chi connectivity index (χ2v) is 7.72. The molecule has 1 N–H and O–H groups in total. The molecule has 0 radical (unpaired) electrons. The molecule has 6 heteroatoms. The molecule has 0 spiro atoms. The molecule has 24 heavy (non-hydrogen) atoms. The monoisotopic (exact) mass is 347 g/mol. The highest BCUT2D eigenvalue weighted by molar-refractivity contribution is 7.89. The highest BCUT2D eigenvalue weighted by atomic mass is 32.2. The molecule has 2 aromatic carbocycles. The van der Waals surface area contributed by atoms with E-state index in [2.05, 4.69) is 4.72 Å². The van der Waals surface area contributed by atoms with Gasteiger partial charge in [0.1, 0.15) is 16.4 Å². The Hall–Kier alpha value is -2.05. The van der Waals surface area contributed by atoms with Crippen LogP contribution in [0.4, 0.5) is 0 Å². The Bertz CT molecular complexity index is 861. The van der Waals surface area contributed by atoms with Gasteiger partial charge in [0.2, 0.25) is 10.0 Å². The van der Waals surface area contributed by atoms with Crippen molar-refractivity contribution in [2.45, 2.75) is 24.7 Å². The minimum Gasteiger partial charge on any atom is -0.495 e. The van der Waals surface area contributed by atoms with Gasteiger partial charge in [-0.15, -0.1) is 0 Å². The third kappa shape index (κ3) is 3.12. The first-order valence-electron chi connectivity index (χ1n) is 7.79. The average Bonchev–Trinajstić information content (AvgIpc) is 2.98. The molecule has 1 heterocycles. The summed E-state index contributed by atoms with van der Waals surface area (Å²) in [6.45, 7) is 4.57. The largest absolute Gasteiger partial charge is 0.495 e. The van der Waals surface area contributed by atoms with E-state index in [4.69, 9.17) is 9.47 Å². The Morgan fingerprint density at radius 3 is 2.67 bits per heavy atom. The Balaban J connectivity index is 1.82. The summed E-state index contributed by atoms with van der Waals surface area (Å²) in [6, 6.07) is 11.1. The van der Waals surface area contributed by atoms with Crippen molar-refractivity contribution in [3.63, 3.8) is 0 Å². The zero-order valence-corrected chi connectivity index (χ0v) is 14.8. The van der Waals surface area contributed by atoms with E-state index in [1.165, 1.54) is 7.11 Å². The van der Waals surface area contributed by atoms with Gasteiger partial charge in [-0.25, -0.2) is 13.1 Å². The number of sulfonamides is 1. The van der Waals surface area contributed by atoms with Crippen LogP contribution < -0.4 is 14.2 Å². The quantitative estimate of drug-likeness (QED) is 0.903. The molecule has 0 bridgehead atoms. The summed E-state index contributed by atoms with van der Waals surface area (Å²) in [5.74, 6) is 1.19. The minimum atomic E-state index is -3.66. The van der Waals surface area contributed by atoms with Crippen molar-refractivity contribution in [3.8, 4) is 11.5 Å². The molecular weight excluding hydrogens is 326 g/mol. The van der Waals surface area contributed by atoms with E-state index >= 15 is 0 Å². The number of hydrogen-bond donors (Lipinski definition) is 1. The predicted molar refractivity (Wildman–Crippen MR) is 92.3 cm³/mol. The number of hydrogen-bond acceptors (Lipinski definition) is 4. The normalized spacial score (nSPS) is 16.5. The van der Waals surface area contributed by atoms with Crippen LogP contribution in [-0.2, 0) is 10.0 Å². The first kappa shape index (κ1) is 16.8. The molecular formula is C18H21NO4S. The van der Waals surface area contributed by atoms with Crippen LogP contribution in [0.3, 0.4) is 0 Å². The number of rotatable bonds is 5. The summed E-state index contributed by atoms with van der Waals surface area (Å²) in [5.41, 5.74) is 2.93. The van der Waals surface area contributed by atoms with E-state index in [9.17, 15) is 8.42 Å². The van der Waals surface area contributed by atoms with Gasteiger partial charge < -0.3 is 9.47 Å². The lowest BCUT2D eigenvalue weighted by molar-refractivity contribution is 0.330. The van der Waals surface area contributed by atoms with Crippen LogP contribution >= 0.6 is 0 Å². The fourth-order valence-electron chi connectivity index (χ4n) is 2.82. The van der Waals surface area contributed by atoms with Crippen molar-refractivity contribution in [2.75, 3.05) is 20.3 Å². The molecule has 2 aromatic rings. The summed E-state index contributed by atoms with van der Waals surface area (Å²) in [7, 11) is -2.19. The second kappa shape index (κ2) is 6.45. The van der Waals surface area contributed by atoms with Crippen molar-refractivity contribution in [1.29, 1.82) is 0 Å². The van der Waals surface area contributed by atoms with Crippen LogP contribution in [0.1, 0.15) is 22.6 Å². The van der Waals surface area contributed by atoms with Crippen LogP contribution in [0.25, 0.3) is 0 Å². The lowest BCUT2D eigenvalue weighted by Gasteiger charge is -2.15. The van der Waals surface area contributed by atoms with Crippen molar-refractivity contribution < 1.29 is 17.9 Å². The lowest BCUT2D eigenvalue weighted by atomic mass is 10.0. The van der Waals surface area contributed by atoms with Gasteiger partial charge in [0.05, 0.1) is 13.7 Å². The maximum absolute atomic E-state index is 12.7. The van der Waals surface area contributed by atoms with Gasteiger partial charge in [0.25, 0.3) is 0 Å². The standard InChI is InChI=1S/C18H21NO4S/c1-12-8-17(22-3)18(9-13(12)2)24(20,21)19-10-14-11-23-16-7-5-4-6-15(14)16/h4-9,14,19H,10-11H2,1-3H3. The van der Waals surface area contributed by atoms with Crippen LogP contribution in [0, 0.1) is 13.8 Å². The molecule has 0 fully saturated rings. The van der Waals surface area contributed by atoms with Crippen molar-refractivity contribution in [1.82, 2.24) is 4.72 Å². The number of ether oxygens (including phenoxy) is 2. The molecule has 1 aliphatic rings. The van der Waals surface area contributed by atoms with E-state index in [1.54, 1.807) is 12.1 Å². The van der Waals surface area contributed by atoms with Crippen molar-refractivity contribution >= 4 is 10.0 Å². The van der Waals surface area contributed by atoms with Gasteiger partial charge in [0, 0.05) is 18.0 Å². The molecule has 0 aliphatic carbocycles. The van der Waals surface area contributed by atoms with Gasteiger partial charge in [-0.2, -0.15) is 0 Å². The maximum atomic E-state index is 12.7. The number of para-hydroxylation sites is 1. The van der Waals surface area contributed by atoms with Gasteiger partial charge in [-0.05, 0) is 43.2 Å². The molecule has 128 valence electrons. The lowest BCUT2D eigenvalue weighted by Crippen LogP contribution is -2.29. The Labute approximate surface area is 142 Å². The Morgan fingerprint density at radius 2 is 1.92 bits per heavy atom. The zero-order chi connectivity index (χ0) is 17.3. The van der Waals surface area contributed by atoms with Crippen molar-refractivity contribution in [3.05, 3.63) is 53.1 Å². The Kier molecular flexibility index (Phi) is 4.51. The summed E-state index contributed by atoms with van der Waals surface area (Å²) >= 11 is 0. The SMILES string of the molecule is COc1cc(C)c(C)cc1S(=O)(=O)NCC1COc2ccccc21. The fraction of sp³-hybridized carbons (Fsp3) is 0.333. The summed E-state index contributed by atoms with van der Waals surface area (Å²) in [5, 5.41) is 0. The molecule has 1 aliphatic heterocycles. The predicted octanol–water partition coefficient (Wildman–Crippen LogP) is 2.77. The van der Waals surface area contributed by atoms with Gasteiger partial charge in [0.15, 0.2) is 0 Å². The third-order valence-corrected chi connectivity index (χ3v) is 5.83. The minimum absolute atomic E-state index is 0.00788. The van der Waals surface area contributed by atoms with Crippen molar-refractivity contribution in [2.24, 2.45) is 0 Å². The van der Waals surface area contributed by atoms with Crippen LogP contribution in [0.15, 0.2) is 41.3 Å². The molecule has 1 atom stereocenters. The van der Waals surface area contributed by atoms with E-state index in [0.717, 1.165) is 22.4 Å². The van der Waals surface area contributed by atoms with E-state index < -0.39 is 10.0 Å². The summed E-state index contributed by atoms with van der Waals surface area (Å²) in [4.78, 5) is 0.167. The Morgan fingerprint density at radius 1 is 1.21 bits per heavy atom. The third-order valence-electron chi connectivity index (χ3n) is 4.39. The van der Waals surface area contributed by atoms with Crippen LogP contribution in [-0.4, -0.2) is 28.7 Å². The molecule has 1 unspecified atom stereocenters. The highest BCUT2D eigenvalue weighted by Crippen LogP contribution is 2.33. The average molecular weight is 347 g/mol. The first-order valence-corrected chi connectivity index (χ1v) is 9.27. The molecule has 5 nitrogen and oxygen atoms in total. The topological polar surface area (TPSA) is 64.6 Å². The molecule has 0 aromatic heterocycles. The number of benzene rings is 2. The molecule has 0 saturated heterocycles. The smallest absolute Gasteiger partial charge is 0.244 e. The highest BCUT2D eigenvalue weighted by Gasteiger charge is 2.27. The van der Waals surface area contributed by atoms with Crippen LogP contribution in [0.5, 0.6) is 11.5 Å². The number of fused-ring (bicyclic) bond motifs is 1. The number of nitrogens with one attached hydrogen (secondary N) is 1. The van der Waals surface area contributed by atoms with Gasteiger partial charge >= 0.3 is 0 Å². The summed E-state index contributed by atoms with van der Waals surface area (Å²) in [6.07, 6.45) is 0. The number of aryl methyl sites for hydroxylation is 2. The molecule has 0 amide bonds. The van der Waals surface area contributed by atoms with Gasteiger partial charge in [-0.3, -0.25) is 0 Å². The van der Waals surface area contributed by atoms with E-state index in [-0.39, 0.29) is 17.4 Å². The van der Waals surface area contributed by atoms with Gasteiger partial charge in [-0.1, -0.05) is 18.2 Å². The first-order chi connectivity index (χ1) is 11.4. The summed E-state index contributed by atoms with van der Waals surface area (Å²) < 4.78 is 39.0.